The summed E-state index contributed by atoms with van der Waals surface area (Å²) in [4.78, 5) is 15.9. The van der Waals surface area contributed by atoms with E-state index in [0.717, 1.165) is 13.1 Å². The fourth-order valence-electron chi connectivity index (χ4n) is 2.74. The summed E-state index contributed by atoms with van der Waals surface area (Å²) >= 11 is 0. The summed E-state index contributed by atoms with van der Waals surface area (Å²) in [6, 6.07) is 0. The largest absolute Gasteiger partial charge is 0.450 e. The van der Waals surface area contributed by atoms with Crippen LogP contribution in [0.2, 0.25) is 0 Å². The zero-order chi connectivity index (χ0) is 12.3. The van der Waals surface area contributed by atoms with E-state index in [0.29, 0.717) is 25.0 Å². The minimum absolute atomic E-state index is 0.173. The molecule has 0 aromatic carbocycles. The third kappa shape index (κ3) is 3.00. The molecule has 17 heavy (non-hydrogen) atoms. The molecule has 0 aromatic rings. The van der Waals surface area contributed by atoms with Crippen molar-refractivity contribution < 1.29 is 9.53 Å². The third-order valence-corrected chi connectivity index (χ3v) is 3.70. The van der Waals surface area contributed by atoms with Gasteiger partial charge in [0.2, 0.25) is 0 Å². The van der Waals surface area contributed by atoms with Crippen LogP contribution in [0.25, 0.3) is 0 Å². The number of carbonyl (C=O) groups excluding carboxylic acids is 1. The summed E-state index contributed by atoms with van der Waals surface area (Å²) < 4.78 is 5.06. The van der Waals surface area contributed by atoms with Gasteiger partial charge in [-0.25, -0.2) is 4.79 Å². The van der Waals surface area contributed by atoms with E-state index in [9.17, 15) is 4.79 Å². The van der Waals surface area contributed by atoms with Crippen LogP contribution in [0.4, 0.5) is 4.79 Å². The Morgan fingerprint density at radius 1 is 1.47 bits per heavy atom. The van der Waals surface area contributed by atoms with Crippen molar-refractivity contribution in [1.82, 2.24) is 9.80 Å². The fourth-order valence-corrected chi connectivity index (χ4v) is 2.74. The van der Waals surface area contributed by atoms with Crippen LogP contribution in [0.5, 0.6) is 0 Å². The molecule has 0 radical (unpaired) electrons. The zero-order valence-corrected chi connectivity index (χ0v) is 10.8. The molecule has 4 nitrogen and oxygen atoms in total. The van der Waals surface area contributed by atoms with Crippen molar-refractivity contribution in [3.05, 3.63) is 12.2 Å². The van der Waals surface area contributed by atoms with Crippen molar-refractivity contribution in [3.63, 3.8) is 0 Å². The molecule has 2 atom stereocenters. The maximum atomic E-state index is 11.7. The zero-order valence-electron chi connectivity index (χ0n) is 10.8. The molecule has 2 aliphatic heterocycles. The van der Waals surface area contributed by atoms with E-state index in [1.54, 1.807) is 0 Å². The number of rotatable bonds is 2. The lowest BCUT2D eigenvalue weighted by Crippen LogP contribution is -2.40. The first-order valence-electron chi connectivity index (χ1n) is 6.47. The number of ether oxygens (including phenoxy) is 1. The second-order valence-corrected chi connectivity index (χ2v) is 5.01. The van der Waals surface area contributed by atoms with E-state index in [4.69, 9.17) is 4.74 Å². The molecular formula is C13H22N2O2. The topological polar surface area (TPSA) is 32.8 Å². The van der Waals surface area contributed by atoms with Gasteiger partial charge in [0.25, 0.3) is 0 Å². The van der Waals surface area contributed by atoms with Crippen molar-refractivity contribution in [1.29, 1.82) is 0 Å². The number of amides is 1. The maximum Gasteiger partial charge on any atom is 0.410 e. The van der Waals surface area contributed by atoms with E-state index < -0.39 is 0 Å². The van der Waals surface area contributed by atoms with Crippen molar-refractivity contribution in [2.24, 2.45) is 11.8 Å². The van der Waals surface area contributed by atoms with Crippen molar-refractivity contribution in [2.45, 2.75) is 13.3 Å². The average molecular weight is 238 g/mol. The molecule has 1 fully saturated rings. The molecule has 0 aromatic heterocycles. The van der Waals surface area contributed by atoms with Gasteiger partial charge in [0.05, 0.1) is 6.61 Å². The van der Waals surface area contributed by atoms with Gasteiger partial charge < -0.3 is 14.5 Å². The first-order chi connectivity index (χ1) is 8.20. The maximum absolute atomic E-state index is 11.7. The van der Waals surface area contributed by atoms with E-state index in [1.807, 2.05) is 11.8 Å². The van der Waals surface area contributed by atoms with Crippen molar-refractivity contribution in [3.8, 4) is 0 Å². The van der Waals surface area contributed by atoms with Crippen LogP contribution >= 0.6 is 0 Å². The number of likely N-dealkylation sites (tertiary alicyclic amines) is 1. The minimum Gasteiger partial charge on any atom is -0.450 e. The molecule has 2 rings (SSSR count). The molecule has 0 aliphatic carbocycles. The summed E-state index contributed by atoms with van der Waals surface area (Å²) in [6.45, 7) is 6.13. The van der Waals surface area contributed by atoms with Crippen molar-refractivity contribution in [2.75, 3.05) is 39.8 Å². The quantitative estimate of drug-likeness (QED) is 0.685. The standard InChI is InChI=1S/C13H22N2O2/c1-3-17-13(16)15-7-4-5-11(10-15)12-6-8-14(2)9-12/h4-5,11-12H,3,6-10H2,1-2H3. The highest BCUT2D eigenvalue weighted by Gasteiger charge is 2.30. The Kier molecular flexibility index (Phi) is 4.05. The summed E-state index contributed by atoms with van der Waals surface area (Å²) in [5, 5.41) is 0. The third-order valence-electron chi connectivity index (χ3n) is 3.70. The van der Waals surface area contributed by atoms with Gasteiger partial charge in [0.1, 0.15) is 0 Å². The molecule has 0 N–H and O–H groups in total. The van der Waals surface area contributed by atoms with Gasteiger partial charge >= 0.3 is 6.09 Å². The molecule has 2 heterocycles. The Hall–Kier alpha value is -1.03. The Balaban J connectivity index is 1.91. The molecular weight excluding hydrogens is 216 g/mol. The smallest absolute Gasteiger partial charge is 0.410 e. The van der Waals surface area contributed by atoms with Gasteiger partial charge in [-0.15, -0.1) is 0 Å². The fraction of sp³-hybridized carbons (Fsp3) is 0.769. The summed E-state index contributed by atoms with van der Waals surface area (Å²) in [6.07, 6.45) is 5.44. The number of hydrogen-bond donors (Lipinski definition) is 0. The Morgan fingerprint density at radius 2 is 2.29 bits per heavy atom. The van der Waals surface area contributed by atoms with Crippen LogP contribution in [0, 0.1) is 11.8 Å². The van der Waals surface area contributed by atoms with Gasteiger partial charge in [-0.1, -0.05) is 12.2 Å². The van der Waals surface area contributed by atoms with Crippen LogP contribution in [0.15, 0.2) is 12.2 Å². The highest BCUT2D eigenvalue weighted by molar-refractivity contribution is 5.68. The summed E-state index contributed by atoms with van der Waals surface area (Å²) in [7, 11) is 2.16. The summed E-state index contributed by atoms with van der Waals surface area (Å²) in [5.41, 5.74) is 0. The lowest BCUT2D eigenvalue weighted by Gasteiger charge is -2.31. The Morgan fingerprint density at radius 3 is 2.94 bits per heavy atom. The van der Waals surface area contributed by atoms with E-state index in [1.165, 1.54) is 13.0 Å². The average Bonchev–Trinajstić information content (AvgIpc) is 2.76. The van der Waals surface area contributed by atoms with Gasteiger partial charge in [0, 0.05) is 19.6 Å². The molecule has 2 unspecified atom stereocenters. The van der Waals surface area contributed by atoms with E-state index in [-0.39, 0.29) is 6.09 Å². The lowest BCUT2D eigenvalue weighted by molar-refractivity contribution is 0.101. The van der Waals surface area contributed by atoms with Crippen LogP contribution in [0.1, 0.15) is 13.3 Å². The molecule has 0 spiro atoms. The van der Waals surface area contributed by atoms with Gasteiger partial charge in [-0.3, -0.25) is 0 Å². The summed E-state index contributed by atoms with van der Waals surface area (Å²) in [5.74, 6) is 1.19. The predicted molar refractivity (Wildman–Crippen MR) is 66.8 cm³/mol. The van der Waals surface area contributed by atoms with Crippen LogP contribution < -0.4 is 0 Å². The molecule has 96 valence electrons. The first-order valence-corrected chi connectivity index (χ1v) is 6.47. The van der Waals surface area contributed by atoms with Crippen LogP contribution in [-0.2, 0) is 4.74 Å². The SMILES string of the molecule is CCOC(=O)N1CC=CC(C2CCN(C)C2)C1. The van der Waals surface area contributed by atoms with Gasteiger partial charge in [-0.2, -0.15) is 0 Å². The molecule has 2 aliphatic rings. The normalized spacial score (nSPS) is 29.6. The first kappa shape index (κ1) is 12.4. The molecule has 0 bridgehead atoms. The van der Waals surface area contributed by atoms with Crippen molar-refractivity contribution >= 4 is 6.09 Å². The Bertz CT molecular complexity index is 304. The molecule has 0 saturated carbocycles. The molecule has 1 saturated heterocycles. The highest BCUT2D eigenvalue weighted by Crippen LogP contribution is 2.27. The number of nitrogens with zero attached hydrogens (tertiary/aromatic N) is 2. The van der Waals surface area contributed by atoms with E-state index >= 15 is 0 Å². The lowest BCUT2D eigenvalue weighted by atomic mass is 9.89. The van der Waals surface area contributed by atoms with Gasteiger partial charge in [-0.05, 0) is 38.8 Å². The number of hydrogen-bond acceptors (Lipinski definition) is 3. The highest BCUT2D eigenvalue weighted by atomic mass is 16.6. The monoisotopic (exact) mass is 238 g/mol. The molecule has 4 heteroatoms. The second-order valence-electron chi connectivity index (χ2n) is 5.01. The van der Waals surface area contributed by atoms with Crippen LogP contribution in [-0.4, -0.2) is 55.7 Å². The predicted octanol–water partition coefficient (Wildman–Crippen LogP) is 1.58. The van der Waals surface area contributed by atoms with Gasteiger partial charge in [0.15, 0.2) is 0 Å². The second kappa shape index (κ2) is 5.54. The Labute approximate surface area is 103 Å². The van der Waals surface area contributed by atoms with E-state index in [2.05, 4.69) is 24.1 Å². The molecule has 1 amide bonds. The minimum atomic E-state index is -0.173. The van der Waals surface area contributed by atoms with Crippen LogP contribution in [0.3, 0.4) is 0 Å². The number of carbonyl (C=O) groups is 1.